The first kappa shape index (κ1) is 61.6. The number of esters is 2. The summed E-state index contributed by atoms with van der Waals surface area (Å²) in [5, 5.41) is 0. The predicted molar refractivity (Wildman–Crippen MR) is 279 cm³/mol. The van der Waals surface area contributed by atoms with Crippen molar-refractivity contribution in [2.75, 3.05) is 19.8 Å². The molecule has 0 aromatic carbocycles. The van der Waals surface area contributed by atoms with E-state index in [1.165, 1.54) is 161 Å². The largest absolute Gasteiger partial charge is 0.462 e. The highest BCUT2D eigenvalue weighted by molar-refractivity contribution is 5.70. The zero-order valence-electron chi connectivity index (χ0n) is 42.8. The molecule has 0 saturated carbocycles. The number of hydrogen-bond acceptors (Lipinski definition) is 5. The fourth-order valence-corrected chi connectivity index (χ4v) is 7.95. The van der Waals surface area contributed by atoms with E-state index in [0.29, 0.717) is 19.4 Å². The zero-order valence-corrected chi connectivity index (χ0v) is 42.8. The third-order valence-electron chi connectivity index (χ3n) is 12.1. The van der Waals surface area contributed by atoms with Crippen LogP contribution in [0.4, 0.5) is 0 Å². The molecule has 0 aromatic heterocycles. The van der Waals surface area contributed by atoms with Crippen LogP contribution in [0.1, 0.15) is 278 Å². The lowest BCUT2D eigenvalue weighted by molar-refractivity contribution is -0.163. The van der Waals surface area contributed by atoms with Gasteiger partial charge in [0, 0.05) is 19.4 Å². The first-order valence-corrected chi connectivity index (χ1v) is 27.8. The van der Waals surface area contributed by atoms with Crippen LogP contribution in [-0.4, -0.2) is 37.9 Å². The normalized spacial score (nSPS) is 12.6. The van der Waals surface area contributed by atoms with Crippen molar-refractivity contribution in [3.63, 3.8) is 0 Å². The Labute approximate surface area is 398 Å². The number of rotatable bonds is 51. The Balaban J connectivity index is 4.22. The van der Waals surface area contributed by atoms with Crippen LogP contribution in [-0.2, 0) is 23.8 Å². The minimum absolute atomic E-state index is 0.0713. The van der Waals surface area contributed by atoms with Gasteiger partial charge in [0.15, 0.2) is 6.10 Å². The zero-order chi connectivity index (χ0) is 46.3. The highest BCUT2D eigenvalue weighted by Crippen LogP contribution is 2.16. The summed E-state index contributed by atoms with van der Waals surface area (Å²) >= 11 is 0. The summed E-state index contributed by atoms with van der Waals surface area (Å²) in [4.78, 5) is 25.4. The van der Waals surface area contributed by atoms with Crippen molar-refractivity contribution in [1.82, 2.24) is 0 Å². The number of ether oxygens (including phenoxy) is 3. The summed E-state index contributed by atoms with van der Waals surface area (Å²) < 4.78 is 17.4. The molecule has 1 unspecified atom stereocenters. The van der Waals surface area contributed by atoms with Gasteiger partial charge in [-0.2, -0.15) is 0 Å². The maximum absolute atomic E-state index is 12.8. The van der Waals surface area contributed by atoms with Crippen LogP contribution in [0.5, 0.6) is 0 Å². The van der Waals surface area contributed by atoms with Gasteiger partial charge >= 0.3 is 11.9 Å². The van der Waals surface area contributed by atoms with Gasteiger partial charge in [0.2, 0.25) is 0 Å². The average molecular weight is 895 g/mol. The molecule has 64 heavy (non-hydrogen) atoms. The maximum atomic E-state index is 12.8. The lowest BCUT2D eigenvalue weighted by Gasteiger charge is -2.18. The van der Waals surface area contributed by atoms with Crippen molar-refractivity contribution >= 4 is 11.9 Å². The van der Waals surface area contributed by atoms with Gasteiger partial charge in [0.1, 0.15) is 6.61 Å². The van der Waals surface area contributed by atoms with E-state index in [1.54, 1.807) is 0 Å². The minimum Gasteiger partial charge on any atom is -0.462 e. The Morgan fingerprint density at radius 3 is 1.12 bits per heavy atom. The summed E-state index contributed by atoms with van der Waals surface area (Å²) in [6, 6.07) is 0. The SMILES string of the molecule is CC/C=C\C/C=C\C/C=C\C/C=C\C/C=C\CCCCCC(=O)OCC(COCCCCCCCCCCCC)OC(=O)CCCCCCCCCCCCCCCCCCCCC. The Morgan fingerprint density at radius 2 is 0.703 bits per heavy atom. The van der Waals surface area contributed by atoms with Crippen LogP contribution in [0.25, 0.3) is 0 Å². The third-order valence-corrected chi connectivity index (χ3v) is 12.1. The minimum atomic E-state index is -0.546. The molecular weight excluding hydrogens is 789 g/mol. The van der Waals surface area contributed by atoms with Gasteiger partial charge in [-0.25, -0.2) is 0 Å². The fraction of sp³-hybridized carbons (Fsp3) is 0.797. The summed E-state index contributed by atoms with van der Waals surface area (Å²) in [6.07, 6.45) is 69.5. The fourth-order valence-electron chi connectivity index (χ4n) is 7.95. The van der Waals surface area contributed by atoms with E-state index in [1.807, 2.05) is 0 Å². The van der Waals surface area contributed by atoms with Gasteiger partial charge in [-0.05, 0) is 64.2 Å². The Bertz CT molecular complexity index is 1100. The molecular formula is C59H106O5. The van der Waals surface area contributed by atoms with Gasteiger partial charge in [-0.1, -0.05) is 261 Å². The summed E-state index contributed by atoms with van der Waals surface area (Å²) in [5.41, 5.74) is 0. The van der Waals surface area contributed by atoms with E-state index in [-0.39, 0.29) is 25.2 Å². The van der Waals surface area contributed by atoms with Gasteiger partial charge in [0.05, 0.1) is 6.61 Å². The highest BCUT2D eigenvalue weighted by atomic mass is 16.6. The van der Waals surface area contributed by atoms with Crippen LogP contribution < -0.4 is 0 Å². The van der Waals surface area contributed by atoms with Gasteiger partial charge in [-0.3, -0.25) is 9.59 Å². The monoisotopic (exact) mass is 895 g/mol. The van der Waals surface area contributed by atoms with E-state index in [9.17, 15) is 9.59 Å². The van der Waals surface area contributed by atoms with Crippen molar-refractivity contribution in [3.05, 3.63) is 60.8 Å². The molecule has 0 heterocycles. The molecule has 0 spiro atoms. The molecule has 0 radical (unpaired) electrons. The molecule has 0 bridgehead atoms. The number of unbranched alkanes of at least 4 members (excludes halogenated alkanes) is 30. The van der Waals surface area contributed by atoms with Crippen molar-refractivity contribution in [1.29, 1.82) is 0 Å². The maximum Gasteiger partial charge on any atom is 0.306 e. The van der Waals surface area contributed by atoms with E-state index in [0.717, 1.165) is 83.5 Å². The topological polar surface area (TPSA) is 61.8 Å². The van der Waals surface area contributed by atoms with E-state index < -0.39 is 6.10 Å². The molecule has 1 atom stereocenters. The van der Waals surface area contributed by atoms with Crippen LogP contribution >= 0.6 is 0 Å². The summed E-state index contributed by atoms with van der Waals surface area (Å²) in [6.45, 7) is 7.72. The summed E-state index contributed by atoms with van der Waals surface area (Å²) in [7, 11) is 0. The molecule has 0 aliphatic heterocycles. The van der Waals surface area contributed by atoms with E-state index in [2.05, 4.69) is 81.5 Å². The van der Waals surface area contributed by atoms with Crippen LogP contribution in [0.2, 0.25) is 0 Å². The van der Waals surface area contributed by atoms with Crippen LogP contribution in [0, 0.1) is 0 Å². The second-order valence-electron chi connectivity index (χ2n) is 18.5. The Hall–Kier alpha value is -2.40. The lowest BCUT2D eigenvalue weighted by atomic mass is 10.0. The highest BCUT2D eigenvalue weighted by Gasteiger charge is 2.17. The molecule has 5 nitrogen and oxygen atoms in total. The van der Waals surface area contributed by atoms with E-state index in [4.69, 9.17) is 14.2 Å². The molecule has 0 N–H and O–H groups in total. The third kappa shape index (κ3) is 52.2. The molecule has 0 amide bonds. The van der Waals surface area contributed by atoms with Gasteiger partial charge in [0.25, 0.3) is 0 Å². The molecule has 0 aliphatic rings. The Kier molecular flexibility index (Phi) is 52.9. The lowest BCUT2D eigenvalue weighted by Crippen LogP contribution is -2.30. The Morgan fingerprint density at radius 1 is 0.359 bits per heavy atom. The first-order chi connectivity index (χ1) is 31.6. The van der Waals surface area contributed by atoms with Gasteiger partial charge in [-0.15, -0.1) is 0 Å². The van der Waals surface area contributed by atoms with Gasteiger partial charge < -0.3 is 14.2 Å². The second kappa shape index (κ2) is 54.9. The quantitative estimate of drug-likeness (QED) is 0.0346. The predicted octanol–water partition coefficient (Wildman–Crippen LogP) is 18.9. The molecule has 0 rings (SSSR count). The number of hydrogen-bond donors (Lipinski definition) is 0. The standard InChI is InChI=1S/C59H106O5/c1-4-7-10-13-16-19-22-24-26-28-30-32-34-36-38-40-43-46-49-52-58(60)63-56-57(55-62-54-51-48-45-42-21-18-15-12-9-6-3)64-59(61)53-50-47-44-41-39-37-35-33-31-29-27-25-23-20-17-14-11-8-5-2/h7,10,16,19,24,26,30,32,36,38,57H,4-6,8-9,11-15,17-18,20-23,25,27-29,31,33-35,37,39-56H2,1-3H3/b10-7-,19-16-,26-24-,32-30-,38-36-. The first-order valence-electron chi connectivity index (χ1n) is 27.8. The van der Waals surface area contributed by atoms with Crippen LogP contribution in [0.15, 0.2) is 60.8 Å². The molecule has 5 heteroatoms. The smallest absolute Gasteiger partial charge is 0.306 e. The van der Waals surface area contributed by atoms with Crippen molar-refractivity contribution in [2.45, 2.75) is 284 Å². The molecule has 0 saturated heterocycles. The van der Waals surface area contributed by atoms with E-state index >= 15 is 0 Å². The average Bonchev–Trinajstić information content (AvgIpc) is 3.30. The number of allylic oxidation sites excluding steroid dienone is 10. The number of carbonyl (C=O) groups excluding carboxylic acids is 2. The molecule has 0 aromatic rings. The van der Waals surface area contributed by atoms with Crippen LogP contribution in [0.3, 0.4) is 0 Å². The molecule has 0 aliphatic carbocycles. The van der Waals surface area contributed by atoms with Crippen molar-refractivity contribution in [2.24, 2.45) is 0 Å². The number of carbonyl (C=O) groups is 2. The second-order valence-corrected chi connectivity index (χ2v) is 18.5. The molecule has 372 valence electrons. The molecule has 0 fully saturated rings. The van der Waals surface area contributed by atoms with Crippen molar-refractivity contribution in [3.8, 4) is 0 Å². The van der Waals surface area contributed by atoms with Crippen molar-refractivity contribution < 1.29 is 23.8 Å². The summed E-state index contributed by atoms with van der Waals surface area (Å²) in [5.74, 6) is -0.421.